The van der Waals surface area contributed by atoms with Gasteiger partial charge in [-0.25, -0.2) is 0 Å². The molecule has 112 valence electrons. The van der Waals surface area contributed by atoms with Gasteiger partial charge in [-0.05, 0) is 36.8 Å². The van der Waals surface area contributed by atoms with Crippen LogP contribution in [0.5, 0.6) is 0 Å². The molecule has 0 aromatic heterocycles. The highest BCUT2D eigenvalue weighted by molar-refractivity contribution is 5.82. The molecule has 0 spiro atoms. The maximum absolute atomic E-state index is 12.6. The first-order chi connectivity index (χ1) is 10.1. The third-order valence-corrected chi connectivity index (χ3v) is 4.86. The van der Waals surface area contributed by atoms with Crippen LogP contribution in [0.4, 0.5) is 0 Å². The highest BCUT2D eigenvalue weighted by Crippen LogP contribution is 2.34. The van der Waals surface area contributed by atoms with Crippen LogP contribution in [0.2, 0.25) is 0 Å². The summed E-state index contributed by atoms with van der Waals surface area (Å²) in [6, 6.07) is 8.15. The number of hydrogen-bond donors (Lipinski definition) is 2. The van der Waals surface area contributed by atoms with Crippen molar-refractivity contribution in [3.05, 3.63) is 35.4 Å². The molecule has 2 aliphatic carbocycles. The Balaban J connectivity index is 1.68. The smallest absolute Gasteiger partial charge is 0.305 e. The Bertz CT molecular complexity index is 536. The van der Waals surface area contributed by atoms with E-state index in [1.807, 2.05) is 12.1 Å². The number of carboxylic acid groups (broad SMARTS) is 1. The quantitative estimate of drug-likeness (QED) is 0.893. The van der Waals surface area contributed by atoms with E-state index in [9.17, 15) is 9.59 Å². The minimum atomic E-state index is -0.827. The van der Waals surface area contributed by atoms with Crippen LogP contribution in [0.25, 0.3) is 0 Å². The Morgan fingerprint density at radius 3 is 2.24 bits per heavy atom. The summed E-state index contributed by atoms with van der Waals surface area (Å²) < 4.78 is 0. The molecule has 1 amide bonds. The molecule has 3 rings (SSSR count). The van der Waals surface area contributed by atoms with E-state index < -0.39 is 11.5 Å². The maximum atomic E-state index is 12.6. The normalized spacial score (nSPS) is 20.2. The summed E-state index contributed by atoms with van der Waals surface area (Å²) in [5, 5.41) is 12.2. The Morgan fingerprint density at radius 1 is 1.14 bits per heavy atom. The number of carboxylic acids is 1. The molecule has 2 N–H and O–H groups in total. The molecule has 21 heavy (non-hydrogen) atoms. The van der Waals surface area contributed by atoms with Crippen molar-refractivity contribution in [1.82, 2.24) is 5.32 Å². The zero-order chi connectivity index (χ0) is 14.9. The molecule has 0 saturated heterocycles. The van der Waals surface area contributed by atoms with E-state index in [2.05, 4.69) is 17.4 Å². The number of nitrogens with one attached hydrogen (secondary N) is 1. The summed E-state index contributed by atoms with van der Waals surface area (Å²) in [6.07, 6.45) is 5.14. The van der Waals surface area contributed by atoms with E-state index in [4.69, 9.17) is 5.11 Å². The van der Waals surface area contributed by atoms with Crippen LogP contribution in [0.1, 0.15) is 43.2 Å². The fraction of sp³-hybridized carbons (Fsp3) is 0.529. The summed E-state index contributed by atoms with van der Waals surface area (Å²) in [4.78, 5) is 23.6. The average Bonchev–Trinajstić information content (AvgIpc) is 3.04. The third kappa shape index (κ3) is 2.94. The zero-order valence-electron chi connectivity index (χ0n) is 12.1. The Morgan fingerprint density at radius 2 is 1.71 bits per heavy atom. The van der Waals surface area contributed by atoms with E-state index in [0.29, 0.717) is 0 Å². The lowest BCUT2D eigenvalue weighted by molar-refractivity contribution is -0.139. The van der Waals surface area contributed by atoms with E-state index in [1.165, 1.54) is 11.1 Å². The molecule has 2 aliphatic rings. The van der Waals surface area contributed by atoms with Crippen LogP contribution < -0.4 is 5.32 Å². The van der Waals surface area contributed by atoms with Gasteiger partial charge in [0.1, 0.15) is 0 Å². The maximum Gasteiger partial charge on any atom is 0.305 e. The molecule has 0 bridgehead atoms. The molecule has 0 heterocycles. The molecule has 0 unspecified atom stereocenters. The van der Waals surface area contributed by atoms with Crippen LogP contribution in [-0.4, -0.2) is 22.5 Å². The van der Waals surface area contributed by atoms with Gasteiger partial charge in [-0.2, -0.15) is 0 Å². The molecule has 0 atom stereocenters. The van der Waals surface area contributed by atoms with Gasteiger partial charge in [-0.1, -0.05) is 37.1 Å². The number of amides is 1. The first-order valence-corrected chi connectivity index (χ1v) is 7.69. The zero-order valence-corrected chi connectivity index (χ0v) is 12.1. The molecule has 0 aliphatic heterocycles. The predicted molar refractivity (Wildman–Crippen MR) is 78.9 cm³/mol. The Labute approximate surface area is 124 Å². The first kappa shape index (κ1) is 14.1. The standard InChI is InChI=1S/C17H21NO3/c19-15(20)11-17(7-3-4-8-17)18-16(21)14-9-12-5-1-2-6-13(12)10-14/h1-2,5-6,14H,3-4,7-11H2,(H,18,21)(H,19,20). The highest BCUT2D eigenvalue weighted by atomic mass is 16.4. The second kappa shape index (κ2) is 5.51. The van der Waals surface area contributed by atoms with Crippen molar-refractivity contribution < 1.29 is 14.7 Å². The van der Waals surface area contributed by atoms with E-state index in [-0.39, 0.29) is 18.2 Å². The number of carbonyl (C=O) groups excluding carboxylic acids is 1. The van der Waals surface area contributed by atoms with E-state index >= 15 is 0 Å². The van der Waals surface area contributed by atoms with E-state index in [1.54, 1.807) is 0 Å². The summed E-state index contributed by atoms with van der Waals surface area (Å²) >= 11 is 0. The van der Waals surface area contributed by atoms with Gasteiger partial charge in [0, 0.05) is 5.92 Å². The van der Waals surface area contributed by atoms with Gasteiger partial charge >= 0.3 is 5.97 Å². The van der Waals surface area contributed by atoms with Crippen LogP contribution >= 0.6 is 0 Å². The average molecular weight is 287 g/mol. The summed E-state index contributed by atoms with van der Waals surface area (Å²) in [6.45, 7) is 0. The molecule has 4 nitrogen and oxygen atoms in total. The number of rotatable bonds is 4. The van der Waals surface area contributed by atoms with Crippen LogP contribution in [0.15, 0.2) is 24.3 Å². The van der Waals surface area contributed by atoms with E-state index in [0.717, 1.165) is 38.5 Å². The summed E-state index contributed by atoms with van der Waals surface area (Å²) in [7, 11) is 0. The second-order valence-electron chi connectivity index (χ2n) is 6.42. The van der Waals surface area contributed by atoms with Crippen LogP contribution in [-0.2, 0) is 22.4 Å². The van der Waals surface area contributed by atoms with Crippen molar-refractivity contribution in [1.29, 1.82) is 0 Å². The van der Waals surface area contributed by atoms with Gasteiger partial charge in [-0.3, -0.25) is 9.59 Å². The van der Waals surface area contributed by atoms with Crippen molar-refractivity contribution in [2.75, 3.05) is 0 Å². The topological polar surface area (TPSA) is 66.4 Å². The SMILES string of the molecule is O=C(O)CC1(NC(=O)C2Cc3ccccc3C2)CCCC1. The van der Waals surface area contributed by atoms with Gasteiger partial charge in [0.05, 0.1) is 12.0 Å². The highest BCUT2D eigenvalue weighted by Gasteiger charge is 2.39. The Hall–Kier alpha value is -1.84. The van der Waals surface area contributed by atoms with Crippen molar-refractivity contribution in [2.24, 2.45) is 5.92 Å². The molecule has 1 aromatic rings. The van der Waals surface area contributed by atoms with Crippen molar-refractivity contribution in [3.63, 3.8) is 0 Å². The molecule has 0 radical (unpaired) electrons. The number of carbonyl (C=O) groups is 2. The monoisotopic (exact) mass is 287 g/mol. The molecular formula is C17H21NO3. The molecule has 1 fully saturated rings. The lowest BCUT2D eigenvalue weighted by atomic mass is 9.91. The lowest BCUT2D eigenvalue weighted by Gasteiger charge is -2.30. The van der Waals surface area contributed by atoms with Crippen molar-refractivity contribution in [3.8, 4) is 0 Å². The first-order valence-electron chi connectivity index (χ1n) is 7.69. The fourth-order valence-electron chi connectivity index (χ4n) is 3.79. The lowest BCUT2D eigenvalue weighted by Crippen LogP contribution is -2.50. The Kier molecular flexibility index (Phi) is 3.70. The molecular weight excluding hydrogens is 266 g/mol. The van der Waals surface area contributed by atoms with Gasteiger partial charge < -0.3 is 10.4 Å². The second-order valence-corrected chi connectivity index (χ2v) is 6.42. The van der Waals surface area contributed by atoms with Gasteiger partial charge in [0.25, 0.3) is 0 Å². The minimum Gasteiger partial charge on any atom is -0.481 e. The number of hydrogen-bond acceptors (Lipinski definition) is 2. The van der Waals surface area contributed by atoms with Gasteiger partial charge in [-0.15, -0.1) is 0 Å². The van der Waals surface area contributed by atoms with Crippen molar-refractivity contribution >= 4 is 11.9 Å². The van der Waals surface area contributed by atoms with Gasteiger partial charge in [0.15, 0.2) is 0 Å². The fourth-order valence-corrected chi connectivity index (χ4v) is 3.79. The molecule has 1 aromatic carbocycles. The summed E-state index contributed by atoms with van der Waals surface area (Å²) in [5.41, 5.74) is 1.98. The minimum absolute atomic E-state index is 0.0225. The number of benzene rings is 1. The number of fused-ring (bicyclic) bond motifs is 1. The predicted octanol–water partition coefficient (Wildman–Crippen LogP) is 2.31. The third-order valence-electron chi connectivity index (χ3n) is 4.86. The van der Waals surface area contributed by atoms with Gasteiger partial charge in [0.2, 0.25) is 5.91 Å². The molecule has 1 saturated carbocycles. The van der Waals surface area contributed by atoms with Crippen molar-refractivity contribution in [2.45, 2.75) is 50.5 Å². The van der Waals surface area contributed by atoms with Crippen LogP contribution in [0.3, 0.4) is 0 Å². The van der Waals surface area contributed by atoms with Crippen LogP contribution in [0, 0.1) is 5.92 Å². The largest absolute Gasteiger partial charge is 0.481 e. The number of aliphatic carboxylic acids is 1. The summed E-state index contributed by atoms with van der Waals surface area (Å²) in [5.74, 6) is -0.852. The molecule has 4 heteroatoms.